The zero-order valence-electron chi connectivity index (χ0n) is 10.3. The minimum absolute atomic E-state index is 0.128. The van der Waals surface area contributed by atoms with Crippen LogP contribution in [0.3, 0.4) is 0 Å². The van der Waals surface area contributed by atoms with E-state index >= 15 is 0 Å². The second kappa shape index (κ2) is 8.23. The molecular formula is C13H16N2O3. The zero-order valence-corrected chi connectivity index (χ0v) is 10.3. The van der Waals surface area contributed by atoms with Gasteiger partial charge in [-0.3, -0.25) is 4.79 Å². The van der Waals surface area contributed by atoms with Gasteiger partial charge in [-0.1, -0.05) is 24.3 Å². The Morgan fingerprint density at radius 3 is 2.94 bits per heavy atom. The van der Waals surface area contributed by atoms with Crippen LogP contribution in [0.15, 0.2) is 24.3 Å². The van der Waals surface area contributed by atoms with Crippen molar-refractivity contribution in [1.29, 1.82) is 0 Å². The molecule has 1 amide bonds. The molecule has 0 unspecified atom stereocenters. The van der Waals surface area contributed by atoms with Gasteiger partial charge in [-0.05, 0) is 11.1 Å². The number of hydrogen-bond acceptors (Lipinski definition) is 3. The first-order chi connectivity index (χ1) is 8.76. The molecule has 5 heteroatoms. The van der Waals surface area contributed by atoms with Crippen molar-refractivity contribution in [3.63, 3.8) is 0 Å². The average molecular weight is 248 g/mol. The molecule has 0 atom stereocenters. The molecule has 0 fully saturated rings. The van der Waals surface area contributed by atoms with Crippen LogP contribution in [-0.4, -0.2) is 26.4 Å². The third-order valence-electron chi connectivity index (χ3n) is 2.17. The molecule has 0 heterocycles. The number of carbonyl (C=O) groups is 1. The molecule has 5 nitrogen and oxygen atoms in total. The Bertz CT molecular complexity index is 426. The summed E-state index contributed by atoms with van der Waals surface area (Å²) < 4.78 is 10.0. The first kappa shape index (κ1) is 14.2. The van der Waals surface area contributed by atoms with Crippen molar-refractivity contribution in [2.75, 3.05) is 20.4 Å². The fourth-order valence-corrected chi connectivity index (χ4v) is 1.40. The van der Waals surface area contributed by atoms with Crippen LogP contribution in [0.5, 0.6) is 0 Å². The van der Waals surface area contributed by atoms with Crippen molar-refractivity contribution in [3.8, 4) is 0 Å². The summed E-state index contributed by atoms with van der Waals surface area (Å²) in [5.74, 6) is -0.258. The Morgan fingerprint density at radius 2 is 2.22 bits per heavy atom. The van der Waals surface area contributed by atoms with Gasteiger partial charge in [0.15, 0.2) is 0 Å². The molecule has 0 aliphatic heterocycles. The van der Waals surface area contributed by atoms with Gasteiger partial charge in [0, 0.05) is 13.7 Å². The van der Waals surface area contributed by atoms with Gasteiger partial charge in [-0.15, -0.1) is 0 Å². The van der Waals surface area contributed by atoms with E-state index in [4.69, 9.17) is 16.0 Å². The van der Waals surface area contributed by atoms with Crippen LogP contribution in [0, 0.1) is 6.57 Å². The van der Waals surface area contributed by atoms with Gasteiger partial charge in [-0.2, -0.15) is 0 Å². The Morgan fingerprint density at radius 1 is 1.44 bits per heavy atom. The van der Waals surface area contributed by atoms with Gasteiger partial charge in [0.05, 0.1) is 6.61 Å². The summed E-state index contributed by atoms with van der Waals surface area (Å²) >= 11 is 0. The van der Waals surface area contributed by atoms with Crippen LogP contribution in [0.1, 0.15) is 11.1 Å². The number of hydrogen-bond donors (Lipinski definition) is 1. The fraction of sp³-hybridized carbons (Fsp3) is 0.385. The van der Waals surface area contributed by atoms with Gasteiger partial charge in [0.25, 0.3) is 12.5 Å². The SMILES string of the molecule is [C-]#[N+]CC(=O)NCc1cccc(COCOC)c1. The molecule has 96 valence electrons. The molecule has 0 aliphatic carbocycles. The molecule has 0 radical (unpaired) electrons. The third kappa shape index (κ3) is 5.43. The normalized spacial score (nSPS) is 9.78. The molecule has 1 rings (SSSR count). The first-order valence-corrected chi connectivity index (χ1v) is 5.50. The van der Waals surface area contributed by atoms with Crippen molar-refractivity contribution in [1.82, 2.24) is 5.32 Å². The summed E-state index contributed by atoms with van der Waals surface area (Å²) in [6.07, 6.45) is 0. The van der Waals surface area contributed by atoms with E-state index in [9.17, 15) is 4.79 Å². The van der Waals surface area contributed by atoms with E-state index < -0.39 is 0 Å². The number of amides is 1. The maximum absolute atomic E-state index is 11.1. The maximum atomic E-state index is 11.1. The van der Waals surface area contributed by atoms with Crippen molar-refractivity contribution < 1.29 is 14.3 Å². The number of carbonyl (C=O) groups excluding carboxylic acids is 1. The third-order valence-corrected chi connectivity index (χ3v) is 2.17. The van der Waals surface area contributed by atoms with E-state index in [0.717, 1.165) is 11.1 Å². The highest BCUT2D eigenvalue weighted by molar-refractivity contribution is 5.79. The monoisotopic (exact) mass is 248 g/mol. The molecule has 0 bridgehead atoms. The van der Waals surface area contributed by atoms with Gasteiger partial charge in [0.1, 0.15) is 6.79 Å². The van der Waals surface area contributed by atoms with Gasteiger partial charge in [0.2, 0.25) is 0 Å². The van der Waals surface area contributed by atoms with E-state index in [2.05, 4.69) is 10.2 Å². The summed E-state index contributed by atoms with van der Waals surface area (Å²) in [5.41, 5.74) is 2.00. The predicted octanol–water partition coefficient (Wildman–Crippen LogP) is 1.34. The van der Waals surface area contributed by atoms with E-state index in [-0.39, 0.29) is 19.2 Å². The standard InChI is InChI=1S/C13H16N2O3/c1-14-8-13(16)15-7-11-4-3-5-12(6-11)9-18-10-17-2/h3-6H,7-10H2,2H3,(H,15,16). The summed E-state index contributed by atoms with van der Waals surface area (Å²) in [6, 6.07) is 7.72. The molecule has 0 aliphatic rings. The van der Waals surface area contributed by atoms with Gasteiger partial charge >= 0.3 is 0 Å². The molecular weight excluding hydrogens is 232 g/mol. The number of benzene rings is 1. The number of rotatable bonds is 7. The van der Waals surface area contributed by atoms with Crippen molar-refractivity contribution >= 4 is 5.91 Å². The lowest BCUT2D eigenvalue weighted by atomic mass is 10.1. The van der Waals surface area contributed by atoms with Crippen LogP contribution >= 0.6 is 0 Å². The quantitative estimate of drug-likeness (QED) is 0.450. The molecule has 1 aromatic carbocycles. The molecule has 1 N–H and O–H groups in total. The molecule has 1 aromatic rings. The van der Waals surface area contributed by atoms with Crippen LogP contribution in [0.2, 0.25) is 0 Å². The van der Waals surface area contributed by atoms with Crippen molar-refractivity contribution in [2.45, 2.75) is 13.2 Å². The summed E-state index contributed by atoms with van der Waals surface area (Å²) in [6.45, 7) is 7.60. The highest BCUT2D eigenvalue weighted by Gasteiger charge is 2.03. The molecule has 18 heavy (non-hydrogen) atoms. The largest absolute Gasteiger partial charge is 0.359 e. The van der Waals surface area contributed by atoms with E-state index in [1.165, 1.54) is 0 Å². The molecule has 0 saturated heterocycles. The van der Waals surface area contributed by atoms with Gasteiger partial charge in [-0.25, -0.2) is 6.57 Å². The highest BCUT2D eigenvalue weighted by atomic mass is 16.7. The maximum Gasteiger partial charge on any atom is 0.300 e. The lowest BCUT2D eigenvalue weighted by molar-refractivity contribution is -0.119. The lowest BCUT2D eigenvalue weighted by Gasteiger charge is -2.06. The lowest BCUT2D eigenvalue weighted by Crippen LogP contribution is -2.24. The Labute approximate surface area is 107 Å². The fourth-order valence-electron chi connectivity index (χ4n) is 1.40. The molecule has 0 spiro atoms. The van der Waals surface area contributed by atoms with E-state index in [0.29, 0.717) is 13.2 Å². The Kier molecular flexibility index (Phi) is 6.47. The minimum atomic E-state index is -0.258. The second-order valence-electron chi connectivity index (χ2n) is 3.67. The minimum Gasteiger partial charge on any atom is -0.359 e. The number of nitrogens with one attached hydrogen (secondary N) is 1. The van der Waals surface area contributed by atoms with E-state index in [1.54, 1.807) is 7.11 Å². The van der Waals surface area contributed by atoms with Crippen LogP contribution in [-0.2, 0) is 27.4 Å². The topological polar surface area (TPSA) is 51.9 Å². The summed E-state index contributed by atoms with van der Waals surface area (Å²) in [5, 5.41) is 2.68. The van der Waals surface area contributed by atoms with E-state index in [1.807, 2.05) is 24.3 Å². The number of ether oxygens (including phenoxy) is 2. The first-order valence-electron chi connectivity index (χ1n) is 5.50. The predicted molar refractivity (Wildman–Crippen MR) is 66.4 cm³/mol. The Hall–Kier alpha value is -1.90. The highest BCUT2D eigenvalue weighted by Crippen LogP contribution is 2.06. The van der Waals surface area contributed by atoms with Crippen molar-refractivity contribution in [2.24, 2.45) is 0 Å². The zero-order chi connectivity index (χ0) is 13.2. The number of nitrogens with zero attached hydrogens (tertiary/aromatic N) is 1. The smallest absolute Gasteiger partial charge is 0.300 e. The summed E-state index contributed by atoms with van der Waals surface area (Å²) in [7, 11) is 1.57. The van der Waals surface area contributed by atoms with Crippen LogP contribution in [0.25, 0.3) is 4.85 Å². The Balaban J connectivity index is 2.44. The van der Waals surface area contributed by atoms with Crippen LogP contribution in [0.4, 0.5) is 0 Å². The average Bonchev–Trinajstić information content (AvgIpc) is 2.38. The second-order valence-corrected chi connectivity index (χ2v) is 3.67. The van der Waals surface area contributed by atoms with Gasteiger partial charge < -0.3 is 19.6 Å². The molecule has 0 saturated carbocycles. The van der Waals surface area contributed by atoms with Crippen LogP contribution < -0.4 is 5.32 Å². The molecule has 0 aromatic heterocycles. The summed E-state index contributed by atoms with van der Waals surface area (Å²) in [4.78, 5) is 14.2. The van der Waals surface area contributed by atoms with Crippen molar-refractivity contribution in [3.05, 3.63) is 46.8 Å². The number of methoxy groups -OCH3 is 1.